The average molecular weight is 349 g/mol. The molecule has 23 heavy (non-hydrogen) atoms. The molecular formula is C12H11N7O2S2. The molecule has 0 atom stereocenters. The van der Waals surface area contributed by atoms with Crippen LogP contribution in [-0.4, -0.2) is 34.0 Å². The first-order valence-corrected chi connectivity index (χ1v) is 7.99. The molecule has 0 saturated heterocycles. The van der Waals surface area contributed by atoms with Crippen LogP contribution in [0.15, 0.2) is 51.5 Å². The maximum atomic E-state index is 11.5. The van der Waals surface area contributed by atoms with Crippen molar-refractivity contribution < 1.29 is 4.92 Å². The normalized spacial score (nSPS) is 10.9. The quantitative estimate of drug-likeness (QED) is 0.392. The average Bonchev–Trinajstić information content (AvgIpc) is 3.09. The molecular weight excluding hydrogens is 338 g/mol. The van der Waals surface area contributed by atoms with Crippen LogP contribution >= 0.6 is 23.5 Å². The van der Waals surface area contributed by atoms with Gasteiger partial charge in [0.15, 0.2) is 20.4 Å². The molecule has 11 heteroatoms. The molecule has 9 nitrogen and oxygen atoms in total. The summed E-state index contributed by atoms with van der Waals surface area (Å²) in [5.74, 6) is 0. The van der Waals surface area contributed by atoms with Crippen LogP contribution in [0.4, 0.5) is 5.69 Å². The Balaban J connectivity index is 2.00. The fourth-order valence-electron chi connectivity index (χ4n) is 1.73. The van der Waals surface area contributed by atoms with E-state index in [4.69, 9.17) is 0 Å². The maximum Gasteiger partial charge on any atom is 0.334 e. The van der Waals surface area contributed by atoms with Gasteiger partial charge in [-0.2, -0.15) is 0 Å². The summed E-state index contributed by atoms with van der Waals surface area (Å²) in [6.45, 7) is 0. The topological polar surface area (TPSA) is 105 Å². The first-order chi connectivity index (χ1) is 11.1. The van der Waals surface area contributed by atoms with E-state index in [-0.39, 0.29) is 15.7 Å². The van der Waals surface area contributed by atoms with E-state index in [1.807, 2.05) is 14.1 Å². The van der Waals surface area contributed by atoms with Crippen molar-refractivity contribution in [3.05, 3.63) is 41.2 Å². The molecule has 0 radical (unpaired) electrons. The summed E-state index contributed by atoms with van der Waals surface area (Å²) < 4.78 is 3.53. The number of imidazole rings is 2. The van der Waals surface area contributed by atoms with Crippen molar-refractivity contribution in [2.24, 2.45) is 14.1 Å². The van der Waals surface area contributed by atoms with Gasteiger partial charge < -0.3 is 9.13 Å². The molecule has 118 valence electrons. The van der Waals surface area contributed by atoms with Gasteiger partial charge in [-0.3, -0.25) is 10.1 Å². The van der Waals surface area contributed by atoms with Crippen LogP contribution in [0.2, 0.25) is 0 Å². The molecule has 0 fully saturated rings. The van der Waals surface area contributed by atoms with Gasteiger partial charge in [0.25, 0.3) is 0 Å². The van der Waals surface area contributed by atoms with Gasteiger partial charge in [0, 0.05) is 38.9 Å². The molecule has 0 unspecified atom stereocenters. The Hall–Kier alpha value is -2.40. The number of aromatic nitrogens is 6. The minimum atomic E-state index is -0.476. The second kappa shape index (κ2) is 6.38. The van der Waals surface area contributed by atoms with Crippen molar-refractivity contribution in [2.45, 2.75) is 20.4 Å². The highest BCUT2D eigenvalue weighted by Gasteiger charge is 2.26. The predicted octanol–water partition coefficient (Wildman–Crippen LogP) is 2.15. The number of rotatable bonds is 5. The van der Waals surface area contributed by atoms with Gasteiger partial charge in [-0.05, 0) is 23.5 Å². The van der Waals surface area contributed by atoms with Gasteiger partial charge >= 0.3 is 5.69 Å². The third-order valence-corrected chi connectivity index (χ3v) is 5.00. The summed E-state index contributed by atoms with van der Waals surface area (Å²) >= 11 is 2.25. The highest BCUT2D eigenvalue weighted by molar-refractivity contribution is 8.00. The number of hydrogen-bond donors (Lipinski definition) is 0. The second-order valence-electron chi connectivity index (χ2n) is 4.44. The summed E-state index contributed by atoms with van der Waals surface area (Å²) in [5.41, 5.74) is -0.145. The lowest BCUT2D eigenvalue weighted by atomic mass is 10.5. The number of nitrogens with zero attached hydrogens (tertiary/aromatic N) is 7. The number of nitro groups is 1. The minimum Gasteiger partial charge on any atom is -0.329 e. The molecule has 3 rings (SSSR count). The molecule has 0 N–H and O–H groups in total. The Bertz CT molecular complexity index is 800. The van der Waals surface area contributed by atoms with Crippen molar-refractivity contribution in [2.75, 3.05) is 0 Å². The third-order valence-electron chi connectivity index (χ3n) is 2.87. The van der Waals surface area contributed by atoms with E-state index in [9.17, 15) is 10.1 Å². The third kappa shape index (κ3) is 3.19. The van der Waals surface area contributed by atoms with E-state index < -0.39 is 4.92 Å². The Morgan fingerprint density at radius 1 is 0.957 bits per heavy atom. The second-order valence-corrected chi connectivity index (χ2v) is 6.35. The molecule has 3 heterocycles. The molecule has 0 aliphatic rings. The molecule has 3 aromatic heterocycles. The zero-order valence-electron chi connectivity index (χ0n) is 12.2. The van der Waals surface area contributed by atoms with E-state index in [1.165, 1.54) is 6.33 Å². The zero-order chi connectivity index (χ0) is 16.4. The standard InChI is InChI=1S/C12H11N7O2S2/c1-17-5-3-13-11(17)22-9-8(19(20)21)10(16-7-15-9)23-12-14-4-6-18(12)2/h3-7H,1-2H3. The van der Waals surface area contributed by atoms with Gasteiger partial charge in [0.1, 0.15) is 6.33 Å². The Morgan fingerprint density at radius 2 is 1.43 bits per heavy atom. The molecule has 3 aromatic rings. The largest absolute Gasteiger partial charge is 0.334 e. The summed E-state index contributed by atoms with van der Waals surface area (Å²) in [5, 5.41) is 13.2. The van der Waals surface area contributed by atoms with Crippen LogP contribution in [0.5, 0.6) is 0 Å². The molecule has 0 amide bonds. The van der Waals surface area contributed by atoms with Crippen LogP contribution in [0.3, 0.4) is 0 Å². The lowest BCUT2D eigenvalue weighted by molar-refractivity contribution is -0.391. The van der Waals surface area contributed by atoms with E-state index >= 15 is 0 Å². The lowest BCUT2D eigenvalue weighted by Gasteiger charge is -2.05. The van der Waals surface area contributed by atoms with Crippen LogP contribution in [0.25, 0.3) is 0 Å². The molecule has 0 spiro atoms. The first-order valence-electron chi connectivity index (χ1n) is 6.36. The summed E-state index contributed by atoms with van der Waals surface area (Å²) in [6, 6.07) is 0. The van der Waals surface area contributed by atoms with Crippen LogP contribution < -0.4 is 0 Å². The van der Waals surface area contributed by atoms with Gasteiger partial charge in [-0.15, -0.1) is 0 Å². The highest BCUT2D eigenvalue weighted by atomic mass is 32.2. The van der Waals surface area contributed by atoms with Crippen molar-refractivity contribution >= 4 is 29.2 Å². The first kappa shape index (κ1) is 15.5. The maximum absolute atomic E-state index is 11.5. The van der Waals surface area contributed by atoms with E-state index in [1.54, 1.807) is 33.9 Å². The smallest absolute Gasteiger partial charge is 0.329 e. The van der Waals surface area contributed by atoms with E-state index in [0.29, 0.717) is 10.3 Å². The Labute approximate surface area is 139 Å². The molecule has 0 aliphatic heterocycles. The fourth-order valence-corrected chi connectivity index (χ4v) is 3.51. The molecule has 0 aliphatic carbocycles. The minimum absolute atomic E-state index is 0.145. The van der Waals surface area contributed by atoms with Crippen LogP contribution in [0.1, 0.15) is 0 Å². The Morgan fingerprint density at radius 3 is 1.78 bits per heavy atom. The monoisotopic (exact) mass is 349 g/mol. The predicted molar refractivity (Wildman–Crippen MR) is 83.3 cm³/mol. The van der Waals surface area contributed by atoms with Crippen molar-refractivity contribution in [1.29, 1.82) is 0 Å². The van der Waals surface area contributed by atoms with Gasteiger partial charge in [0.05, 0.1) is 4.92 Å². The van der Waals surface area contributed by atoms with E-state index in [0.717, 1.165) is 23.5 Å². The molecule has 0 bridgehead atoms. The van der Waals surface area contributed by atoms with Gasteiger partial charge in [0.2, 0.25) is 0 Å². The van der Waals surface area contributed by atoms with Gasteiger partial charge in [-0.25, -0.2) is 19.9 Å². The molecule has 0 aromatic carbocycles. The number of aryl methyl sites for hydroxylation is 2. The van der Waals surface area contributed by atoms with Crippen molar-refractivity contribution in [3.63, 3.8) is 0 Å². The molecule has 0 saturated carbocycles. The van der Waals surface area contributed by atoms with E-state index in [2.05, 4.69) is 19.9 Å². The number of hydrogen-bond acceptors (Lipinski definition) is 8. The lowest BCUT2D eigenvalue weighted by Crippen LogP contribution is -2.00. The van der Waals surface area contributed by atoms with Crippen LogP contribution in [0, 0.1) is 10.1 Å². The van der Waals surface area contributed by atoms with Gasteiger partial charge in [-0.1, -0.05) is 0 Å². The zero-order valence-corrected chi connectivity index (χ0v) is 13.8. The van der Waals surface area contributed by atoms with Crippen molar-refractivity contribution in [1.82, 2.24) is 29.1 Å². The van der Waals surface area contributed by atoms with Crippen molar-refractivity contribution in [3.8, 4) is 0 Å². The summed E-state index contributed by atoms with van der Waals surface area (Å²) in [7, 11) is 3.62. The fraction of sp³-hybridized carbons (Fsp3) is 0.167. The highest BCUT2D eigenvalue weighted by Crippen LogP contribution is 2.39. The SMILES string of the molecule is Cn1ccnc1Sc1ncnc(Sc2nccn2C)c1[N+](=O)[O-]. The summed E-state index contributed by atoms with van der Waals surface area (Å²) in [4.78, 5) is 27.4. The summed E-state index contributed by atoms with van der Waals surface area (Å²) in [6.07, 6.45) is 8.08. The Kier molecular flexibility index (Phi) is 4.30. The van der Waals surface area contributed by atoms with Crippen LogP contribution in [-0.2, 0) is 14.1 Å².